The van der Waals surface area contributed by atoms with Crippen molar-refractivity contribution >= 4 is 34.7 Å². The van der Waals surface area contributed by atoms with E-state index in [0.717, 1.165) is 36.4 Å². The van der Waals surface area contributed by atoms with E-state index in [-0.39, 0.29) is 0 Å². The summed E-state index contributed by atoms with van der Waals surface area (Å²) in [5.74, 6) is 1.80. The molecule has 1 aliphatic rings. The van der Waals surface area contributed by atoms with E-state index in [4.69, 9.17) is 4.74 Å². The van der Waals surface area contributed by atoms with Crippen molar-refractivity contribution in [2.24, 2.45) is 0 Å². The standard InChI is InChI=1S/C20H19FN8O/c21-14-1-2-16(23-13-14)25-20-26-17(12-19(27-20)29-7-9-30-10-8-29)24-15-3-5-28-6-4-22-18(28)11-15/h1-6,11-13H,7-10H2,(H2,23,24,25,26,27). The Bertz CT molecular complexity index is 1160. The number of anilines is 5. The molecular weight excluding hydrogens is 387 g/mol. The second-order valence-electron chi connectivity index (χ2n) is 6.75. The minimum Gasteiger partial charge on any atom is -0.378 e. The molecule has 1 saturated heterocycles. The summed E-state index contributed by atoms with van der Waals surface area (Å²) in [4.78, 5) is 19.6. The van der Waals surface area contributed by atoms with Crippen LogP contribution in [0.4, 0.5) is 33.5 Å². The Hall–Kier alpha value is -3.79. The number of morpholine rings is 1. The van der Waals surface area contributed by atoms with E-state index >= 15 is 0 Å². The number of nitrogens with one attached hydrogen (secondary N) is 2. The fraction of sp³-hybridized carbons (Fsp3) is 0.200. The smallest absolute Gasteiger partial charge is 0.232 e. The number of halogens is 1. The number of ether oxygens (including phenoxy) is 1. The fourth-order valence-corrected chi connectivity index (χ4v) is 3.21. The lowest BCUT2D eigenvalue weighted by molar-refractivity contribution is 0.122. The van der Waals surface area contributed by atoms with Gasteiger partial charge in [0, 0.05) is 49.5 Å². The number of imidazole rings is 1. The summed E-state index contributed by atoms with van der Waals surface area (Å²) in [6, 6.07) is 8.65. The first kappa shape index (κ1) is 18.3. The number of hydrogen-bond donors (Lipinski definition) is 2. The summed E-state index contributed by atoms with van der Waals surface area (Å²) in [5.41, 5.74) is 1.68. The first-order valence-electron chi connectivity index (χ1n) is 9.53. The third kappa shape index (κ3) is 3.98. The van der Waals surface area contributed by atoms with Crippen LogP contribution in [0.15, 0.2) is 55.1 Å². The van der Waals surface area contributed by atoms with Crippen LogP contribution in [0.25, 0.3) is 5.65 Å². The normalized spacial score (nSPS) is 14.1. The highest BCUT2D eigenvalue weighted by atomic mass is 19.1. The summed E-state index contributed by atoms with van der Waals surface area (Å²) >= 11 is 0. The molecule has 4 aromatic heterocycles. The van der Waals surface area contributed by atoms with E-state index in [2.05, 4.69) is 35.5 Å². The third-order valence-electron chi connectivity index (χ3n) is 4.69. The van der Waals surface area contributed by atoms with Crippen molar-refractivity contribution in [2.75, 3.05) is 41.8 Å². The maximum atomic E-state index is 13.2. The Morgan fingerprint density at radius 1 is 0.933 bits per heavy atom. The molecule has 0 spiro atoms. The van der Waals surface area contributed by atoms with Gasteiger partial charge in [-0.05, 0) is 18.2 Å². The molecule has 0 amide bonds. The highest BCUT2D eigenvalue weighted by Gasteiger charge is 2.16. The van der Waals surface area contributed by atoms with Crippen LogP contribution in [-0.2, 0) is 4.74 Å². The van der Waals surface area contributed by atoms with Crippen molar-refractivity contribution in [2.45, 2.75) is 0 Å². The molecule has 0 bridgehead atoms. The van der Waals surface area contributed by atoms with E-state index in [9.17, 15) is 4.39 Å². The van der Waals surface area contributed by atoms with Gasteiger partial charge in [-0.15, -0.1) is 0 Å². The zero-order valence-electron chi connectivity index (χ0n) is 16.0. The van der Waals surface area contributed by atoms with Gasteiger partial charge in [0.1, 0.15) is 28.9 Å². The van der Waals surface area contributed by atoms with Crippen molar-refractivity contribution in [3.63, 3.8) is 0 Å². The molecule has 0 radical (unpaired) electrons. The van der Waals surface area contributed by atoms with Crippen molar-refractivity contribution in [1.82, 2.24) is 24.3 Å². The Labute approximate surface area is 171 Å². The molecule has 0 saturated carbocycles. The van der Waals surface area contributed by atoms with Crippen LogP contribution in [0, 0.1) is 5.82 Å². The maximum absolute atomic E-state index is 13.2. The number of pyridine rings is 2. The average Bonchev–Trinajstić information content (AvgIpc) is 3.24. The molecule has 4 aromatic rings. The van der Waals surface area contributed by atoms with Crippen LogP contribution in [0.2, 0.25) is 0 Å². The van der Waals surface area contributed by atoms with Crippen LogP contribution < -0.4 is 15.5 Å². The topological polar surface area (TPSA) is 92.5 Å². The first-order valence-corrected chi connectivity index (χ1v) is 9.53. The molecule has 30 heavy (non-hydrogen) atoms. The SMILES string of the molecule is Fc1ccc(Nc2nc(Nc3ccn4ccnc4c3)cc(N3CCOCC3)n2)nc1. The van der Waals surface area contributed by atoms with Crippen LogP contribution >= 0.6 is 0 Å². The minimum atomic E-state index is -0.403. The largest absolute Gasteiger partial charge is 0.378 e. The van der Waals surface area contributed by atoms with Gasteiger partial charge in [0.15, 0.2) is 0 Å². The molecule has 2 N–H and O–H groups in total. The van der Waals surface area contributed by atoms with E-state index in [1.807, 2.05) is 35.0 Å². The quantitative estimate of drug-likeness (QED) is 0.523. The lowest BCUT2D eigenvalue weighted by Gasteiger charge is -2.28. The molecule has 1 fully saturated rings. The van der Waals surface area contributed by atoms with Crippen LogP contribution in [0.1, 0.15) is 0 Å². The predicted octanol–water partition coefficient (Wildman–Crippen LogP) is 2.98. The highest BCUT2D eigenvalue weighted by Crippen LogP contribution is 2.24. The highest BCUT2D eigenvalue weighted by molar-refractivity contribution is 5.65. The average molecular weight is 406 g/mol. The summed E-state index contributed by atoms with van der Waals surface area (Å²) in [6.07, 6.45) is 6.71. The Kier molecular flexibility index (Phi) is 4.81. The molecule has 0 atom stereocenters. The number of nitrogens with zero attached hydrogens (tertiary/aromatic N) is 6. The molecule has 10 heteroatoms. The van der Waals surface area contributed by atoms with Gasteiger partial charge in [0.2, 0.25) is 5.95 Å². The van der Waals surface area contributed by atoms with Crippen LogP contribution in [0.5, 0.6) is 0 Å². The van der Waals surface area contributed by atoms with E-state index in [1.165, 1.54) is 6.07 Å². The van der Waals surface area contributed by atoms with Gasteiger partial charge in [-0.1, -0.05) is 0 Å². The zero-order chi connectivity index (χ0) is 20.3. The minimum absolute atomic E-state index is 0.363. The Morgan fingerprint density at radius 3 is 2.67 bits per heavy atom. The molecule has 0 aromatic carbocycles. The molecule has 0 unspecified atom stereocenters. The van der Waals surface area contributed by atoms with Crippen LogP contribution in [-0.4, -0.2) is 50.6 Å². The second-order valence-corrected chi connectivity index (χ2v) is 6.75. The van der Waals surface area contributed by atoms with E-state index < -0.39 is 5.82 Å². The summed E-state index contributed by atoms with van der Waals surface area (Å²) in [6.45, 7) is 2.77. The Morgan fingerprint density at radius 2 is 1.83 bits per heavy atom. The summed E-state index contributed by atoms with van der Waals surface area (Å²) in [7, 11) is 0. The molecule has 5 rings (SSSR count). The number of hydrogen-bond acceptors (Lipinski definition) is 8. The summed E-state index contributed by atoms with van der Waals surface area (Å²) < 4.78 is 20.5. The van der Waals surface area contributed by atoms with Crippen molar-refractivity contribution < 1.29 is 9.13 Å². The second kappa shape index (κ2) is 7.91. The summed E-state index contributed by atoms with van der Waals surface area (Å²) in [5, 5.41) is 6.37. The molecule has 9 nitrogen and oxygen atoms in total. The van der Waals surface area contributed by atoms with Crippen molar-refractivity contribution in [1.29, 1.82) is 0 Å². The van der Waals surface area contributed by atoms with Gasteiger partial charge in [0.05, 0.1) is 19.4 Å². The number of rotatable bonds is 5. The molecular formula is C20H19FN8O. The van der Waals surface area contributed by atoms with Crippen LogP contribution in [0.3, 0.4) is 0 Å². The predicted molar refractivity (Wildman–Crippen MR) is 111 cm³/mol. The van der Waals surface area contributed by atoms with Gasteiger partial charge < -0.3 is 24.7 Å². The van der Waals surface area contributed by atoms with E-state index in [0.29, 0.717) is 30.8 Å². The molecule has 1 aliphatic heterocycles. The van der Waals surface area contributed by atoms with Gasteiger partial charge in [-0.25, -0.2) is 14.4 Å². The van der Waals surface area contributed by atoms with E-state index in [1.54, 1.807) is 12.3 Å². The third-order valence-corrected chi connectivity index (χ3v) is 4.69. The van der Waals surface area contributed by atoms with Gasteiger partial charge in [-0.2, -0.15) is 9.97 Å². The zero-order valence-corrected chi connectivity index (χ0v) is 16.0. The van der Waals surface area contributed by atoms with Gasteiger partial charge in [-0.3, -0.25) is 0 Å². The monoisotopic (exact) mass is 406 g/mol. The molecule has 5 heterocycles. The van der Waals surface area contributed by atoms with Crippen molar-refractivity contribution in [3.05, 3.63) is 60.9 Å². The maximum Gasteiger partial charge on any atom is 0.232 e. The van der Waals surface area contributed by atoms with Gasteiger partial charge in [0.25, 0.3) is 0 Å². The van der Waals surface area contributed by atoms with Crippen molar-refractivity contribution in [3.8, 4) is 0 Å². The number of fused-ring (bicyclic) bond motifs is 1. The Balaban J connectivity index is 1.46. The van der Waals surface area contributed by atoms with Gasteiger partial charge >= 0.3 is 0 Å². The first-order chi connectivity index (χ1) is 14.7. The molecule has 0 aliphatic carbocycles. The number of aromatic nitrogens is 5. The lowest BCUT2D eigenvalue weighted by atomic mass is 10.3. The lowest BCUT2D eigenvalue weighted by Crippen LogP contribution is -2.36. The fourth-order valence-electron chi connectivity index (χ4n) is 3.21. The molecule has 152 valence electrons.